The van der Waals surface area contributed by atoms with Crippen LogP contribution in [0.1, 0.15) is 39.7 Å². The Bertz CT molecular complexity index is 2700. The lowest BCUT2D eigenvalue weighted by Gasteiger charge is -2.29. The second-order valence-electron chi connectivity index (χ2n) is 28.4. The molecule has 0 aliphatic rings. The maximum Gasteiger partial charge on any atom is 0.206 e. The first kappa shape index (κ1) is 108. The van der Waals surface area contributed by atoms with Gasteiger partial charge in [-0.25, -0.2) is 8.42 Å². The number of aliphatic hydroxyl groups excluding tert-OH is 12. The van der Waals surface area contributed by atoms with Gasteiger partial charge in [0, 0.05) is 56.2 Å². The van der Waals surface area contributed by atoms with Gasteiger partial charge in [0.25, 0.3) is 0 Å². The SMILES string of the molecule is COCC(O)COCC(COCC(O)CC(C)(C)Oc1ccc(S(=O)(=O)c2ccc(C(C)(C)OCC(CO)OCC(COCC(CO)OCC(O)COCC(COC)OCC(O)COC)OCC(O)COCC(COCC(COC)OCC(O)COC)OCC(O)CO)cc2)cc1)OCC(COCC(O)COC)OCC(O)COC. The highest BCUT2D eigenvalue weighted by atomic mass is 32.2. The molecule has 0 amide bonds. The lowest BCUT2D eigenvalue weighted by atomic mass is 9.98. The normalized spacial score (nSPS) is 17.1. The fourth-order valence-corrected chi connectivity index (χ4v) is 11.7. The van der Waals surface area contributed by atoms with Gasteiger partial charge in [0.2, 0.25) is 9.84 Å². The van der Waals surface area contributed by atoms with E-state index in [1.54, 1.807) is 39.8 Å². The number of aliphatic hydroxyl groups is 12. The molecule has 0 fully saturated rings. The molecule has 17 unspecified atom stereocenters. The van der Waals surface area contributed by atoms with Crippen LogP contribution in [0.25, 0.3) is 0 Å². The third kappa shape index (κ3) is 51.4. The zero-order valence-corrected chi connectivity index (χ0v) is 69.7. The summed E-state index contributed by atoms with van der Waals surface area (Å²) in [4.78, 5) is -0.0370. The fraction of sp³-hybridized carbons (Fsp3) is 0.842. The summed E-state index contributed by atoms with van der Waals surface area (Å²) in [6.07, 6.45) is -15.2. The first-order chi connectivity index (χ1) is 55.0. The molecular formula is C76H138O38S. The second-order valence-corrected chi connectivity index (χ2v) is 30.4. The van der Waals surface area contributed by atoms with E-state index in [0.717, 1.165) is 0 Å². The molecule has 0 aliphatic heterocycles. The monoisotopic (exact) mass is 1690 g/mol. The Kier molecular flexibility index (Phi) is 60.6. The van der Waals surface area contributed by atoms with Crippen LogP contribution >= 0.6 is 0 Å². The Morgan fingerprint density at radius 1 is 0.278 bits per heavy atom. The Hall–Kier alpha value is -3.21. The van der Waals surface area contributed by atoms with E-state index in [2.05, 4.69) is 0 Å². The topological polar surface area (TPSA) is 498 Å². The summed E-state index contributed by atoms with van der Waals surface area (Å²) < 4.78 is 163. The molecule has 17 atom stereocenters. The third-order valence-corrected chi connectivity index (χ3v) is 18.1. The van der Waals surface area contributed by atoms with Crippen molar-refractivity contribution < 1.29 is 183 Å². The van der Waals surface area contributed by atoms with Gasteiger partial charge in [-0.05, 0) is 69.7 Å². The first-order valence-corrected chi connectivity index (χ1v) is 39.6. The van der Waals surface area contributed by atoms with Crippen LogP contribution in [0.3, 0.4) is 0 Å². The quantitative estimate of drug-likeness (QED) is 0.0320. The van der Waals surface area contributed by atoms with Crippen molar-refractivity contribution in [2.45, 2.75) is 159 Å². The Balaban J connectivity index is 2.16. The summed E-state index contributed by atoms with van der Waals surface area (Å²) >= 11 is 0. The molecule has 12 N–H and O–H groups in total. The van der Waals surface area contributed by atoms with Crippen molar-refractivity contribution in [3.63, 3.8) is 0 Å². The van der Waals surface area contributed by atoms with E-state index in [0.29, 0.717) is 11.3 Å². The summed E-state index contributed by atoms with van der Waals surface area (Å²) in [6.45, 7) is 3.10. The van der Waals surface area contributed by atoms with Crippen molar-refractivity contribution >= 4 is 9.84 Å². The van der Waals surface area contributed by atoms with Gasteiger partial charge >= 0.3 is 0 Å². The van der Waals surface area contributed by atoms with Gasteiger partial charge in [-0.15, -0.1) is 0 Å². The van der Waals surface area contributed by atoms with Crippen molar-refractivity contribution in [3.05, 3.63) is 54.1 Å². The summed E-state index contributed by atoms with van der Waals surface area (Å²) in [5.74, 6) is 0.325. The molecule has 0 saturated carbocycles. The fourth-order valence-electron chi connectivity index (χ4n) is 10.4. The van der Waals surface area contributed by atoms with Crippen molar-refractivity contribution in [1.29, 1.82) is 0 Å². The van der Waals surface area contributed by atoms with E-state index >= 15 is 0 Å². The molecule has 115 heavy (non-hydrogen) atoms. The highest BCUT2D eigenvalue weighted by molar-refractivity contribution is 7.91. The molecule has 2 aromatic carbocycles. The Morgan fingerprint density at radius 2 is 0.530 bits per heavy atom. The second kappa shape index (κ2) is 64.6. The van der Waals surface area contributed by atoms with Crippen LogP contribution in [-0.2, 0) is 124 Å². The van der Waals surface area contributed by atoms with Crippen molar-refractivity contribution in [2.24, 2.45) is 0 Å². The number of methoxy groups -OCH3 is 7. The van der Waals surface area contributed by atoms with Crippen molar-refractivity contribution in [2.75, 3.05) is 268 Å². The van der Waals surface area contributed by atoms with E-state index in [1.165, 1.54) is 86.2 Å². The van der Waals surface area contributed by atoms with Gasteiger partial charge in [0.05, 0.1) is 240 Å². The minimum absolute atomic E-state index is 0.0126. The minimum Gasteiger partial charge on any atom is -0.488 e. The van der Waals surface area contributed by atoms with Crippen LogP contribution in [0.5, 0.6) is 5.75 Å². The zero-order chi connectivity index (χ0) is 85.3. The van der Waals surface area contributed by atoms with Crippen molar-refractivity contribution in [3.8, 4) is 5.75 Å². The summed E-state index contributed by atoms with van der Waals surface area (Å²) in [6, 6.07) is 11.9. The molecular weight excluding hydrogens is 1550 g/mol. The van der Waals surface area contributed by atoms with Gasteiger partial charge in [-0.1, -0.05) is 12.1 Å². The standard InChI is InChI=1S/C76H138O38S/c1-75(2,20-55(80)29-98-46-70(47-99-30-57(82)24-91-5)112-52-71(109-37-61(86)28-95-9)49-100-31-58(83)25-92-6)114-64-14-18-74(19-15-64)115(89,90)73-16-12-54(13-17-73)76(3,4)113-53-66(23-79)111-51-72(50-103-42-65(22-78)105-38-62(87)32-101-43-67(40-96-10)107-35-59(84)26-93-7)110-39-63(88)33-102-45-69(106-34-56(81)21-77)48-104-44-68(41-97-11)108-36-60(85)27-94-8/h12-19,55-63,65-72,77-88H,20-53H2,1-11H3. The molecule has 0 aromatic heterocycles. The van der Waals surface area contributed by atoms with Crippen LogP contribution in [0, 0.1) is 0 Å². The van der Waals surface area contributed by atoms with Gasteiger partial charge in [0.1, 0.15) is 109 Å². The maximum absolute atomic E-state index is 14.0. The summed E-state index contributed by atoms with van der Waals surface area (Å²) in [5, 5.41) is 124. The van der Waals surface area contributed by atoms with Gasteiger partial charge in [0.15, 0.2) is 0 Å². The smallest absolute Gasteiger partial charge is 0.206 e. The maximum atomic E-state index is 14.0. The number of benzene rings is 2. The molecule has 0 saturated heterocycles. The van der Waals surface area contributed by atoms with E-state index < -0.39 is 145 Å². The van der Waals surface area contributed by atoms with E-state index in [9.17, 15) is 69.7 Å². The highest BCUT2D eigenvalue weighted by Gasteiger charge is 2.30. The number of hydrogen-bond donors (Lipinski definition) is 12. The Morgan fingerprint density at radius 3 is 0.870 bits per heavy atom. The third-order valence-electron chi connectivity index (χ3n) is 16.3. The molecule has 0 bridgehead atoms. The highest BCUT2D eigenvalue weighted by Crippen LogP contribution is 2.30. The average Bonchev–Trinajstić information content (AvgIpc) is 0.791. The lowest BCUT2D eigenvalue weighted by Crippen LogP contribution is -2.37. The average molecular weight is 1690 g/mol. The predicted molar refractivity (Wildman–Crippen MR) is 409 cm³/mol. The van der Waals surface area contributed by atoms with Gasteiger partial charge in [-0.2, -0.15) is 0 Å². The molecule has 2 rings (SSSR count). The molecule has 0 spiro atoms. The number of rotatable bonds is 79. The molecule has 39 heteroatoms. The van der Waals surface area contributed by atoms with Crippen LogP contribution in [-0.4, -0.2) is 447 Å². The zero-order valence-electron chi connectivity index (χ0n) is 68.9. The lowest BCUT2D eigenvalue weighted by molar-refractivity contribution is -0.144. The minimum atomic E-state index is -4.07. The van der Waals surface area contributed by atoms with Gasteiger partial charge < -0.3 is 175 Å². The first-order valence-electron chi connectivity index (χ1n) is 38.2. The molecule has 2 aromatic rings. The number of hydrogen-bond acceptors (Lipinski definition) is 38. The molecule has 38 nitrogen and oxygen atoms in total. The van der Waals surface area contributed by atoms with Crippen LogP contribution in [0.15, 0.2) is 58.3 Å². The van der Waals surface area contributed by atoms with Crippen molar-refractivity contribution in [1.82, 2.24) is 0 Å². The van der Waals surface area contributed by atoms with Crippen LogP contribution in [0.4, 0.5) is 0 Å². The van der Waals surface area contributed by atoms with E-state index in [-0.39, 0.29) is 214 Å². The van der Waals surface area contributed by atoms with Crippen LogP contribution < -0.4 is 4.74 Å². The summed E-state index contributed by atoms with van der Waals surface area (Å²) in [5.41, 5.74) is -1.48. The number of ether oxygens (including phenoxy) is 24. The molecule has 676 valence electrons. The Labute approximate surface area is 677 Å². The molecule has 0 heterocycles. The predicted octanol–water partition coefficient (Wildman–Crippen LogP) is -2.73. The van der Waals surface area contributed by atoms with E-state index in [4.69, 9.17) is 114 Å². The van der Waals surface area contributed by atoms with E-state index in [1.807, 2.05) is 0 Å². The summed E-state index contributed by atoms with van der Waals surface area (Å²) in [7, 11) is 6.12. The number of sulfone groups is 1. The molecule has 0 aliphatic carbocycles. The molecule has 0 radical (unpaired) electrons. The largest absolute Gasteiger partial charge is 0.488 e. The van der Waals surface area contributed by atoms with Crippen LogP contribution in [0.2, 0.25) is 0 Å². The van der Waals surface area contributed by atoms with Gasteiger partial charge in [-0.3, -0.25) is 0 Å².